The zero-order valence-electron chi connectivity index (χ0n) is 43.4. The topological polar surface area (TPSA) is 205 Å². The van der Waals surface area contributed by atoms with Gasteiger partial charge >= 0.3 is 23.9 Å². The second-order valence-electron chi connectivity index (χ2n) is 11.5. The summed E-state index contributed by atoms with van der Waals surface area (Å²) in [4.78, 5) is 70.4. The lowest BCUT2D eigenvalue weighted by atomic mass is 10.2. The number of carbonyl (C=O) groups is 7. The Morgan fingerprint density at radius 3 is 0.820 bits per heavy atom. The van der Waals surface area contributed by atoms with Crippen LogP contribution in [0.25, 0.3) is 0 Å². The van der Waals surface area contributed by atoms with E-state index >= 15 is 0 Å². The van der Waals surface area contributed by atoms with Crippen LogP contribution in [-0.4, -0.2) is 132 Å². The minimum absolute atomic E-state index is 0.0926. The lowest BCUT2D eigenvalue weighted by Gasteiger charge is -1.93. The zero-order chi connectivity index (χ0) is 50.7. The van der Waals surface area contributed by atoms with Crippen molar-refractivity contribution in [1.82, 2.24) is 5.32 Å². The van der Waals surface area contributed by atoms with Gasteiger partial charge in [-0.15, -0.1) is 0 Å². The summed E-state index contributed by atoms with van der Waals surface area (Å²) in [6, 6.07) is 0. The van der Waals surface area contributed by atoms with Crippen LogP contribution in [0.5, 0.6) is 0 Å². The van der Waals surface area contributed by atoms with Crippen LogP contribution in [0.4, 0.5) is 0 Å². The van der Waals surface area contributed by atoms with Gasteiger partial charge in [-0.1, -0.05) is 61.3 Å². The first-order chi connectivity index (χ1) is 28.7. The van der Waals surface area contributed by atoms with E-state index < -0.39 is 0 Å². The van der Waals surface area contributed by atoms with Crippen LogP contribution in [-0.2, 0) is 71.5 Å². The Bertz CT molecular complexity index is 803. The zero-order valence-corrected chi connectivity index (χ0v) is 43.4. The van der Waals surface area contributed by atoms with E-state index in [0.717, 1.165) is 77.6 Å². The van der Waals surface area contributed by atoms with Gasteiger partial charge in [-0.2, -0.15) is 0 Å². The maximum Gasteiger partial charge on any atom is 0.305 e. The van der Waals surface area contributed by atoms with Gasteiger partial charge in [0.25, 0.3) is 0 Å². The second-order valence-corrected chi connectivity index (χ2v) is 11.5. The van der Waals surface area contributed by atoms with Gasteiger partial charge in [0.05, 0.1) is 28.4 Å². The molecule has 0 saturated carbocycles. The Kier molecular flexibility index (Phi) is 134. The Morgan fingerprint density at radius 2 is 0.738 bits per heavy atom. The number of ketones is 2. The highest BCUT2D eigenvalue weighted by atomic mass is 16.5. The van der Waals surface area contributed by atoms with Crippen molar-refractivity contribution >= 4 is 41.4 Å². The number of amides is 1. The van der Waals surface area contributed by atoms with Crippen molar-refractivity contribution in [2.45, 2.75) is 167 Å². The number of methoxy groups -OCH3 is 8. The van der Waals surface area contributed by atoms with Crippen LogP contribution in [0.2, 0.25) is 0 Å². The first kappa shape index (κ1) is 84.9. The van der Waals surface area contributed by atoms with E-state index in [9.17, 15) is 33.6 Å². The predicted molar refractivity (Wildman–Crippen MR) is 249 cm³/mol. The molecular formula is C45H99NO15. The standard InChI is InChI=1S/C6H12O2.C6H12O.C5H10O2.C5H10O.C4H9NO.C4H8O2.C4H10O.C3H6O2.2C3H8O.C2H6O/c1-3-4-5-6(7)8-2;1-3-4-5-6(2)7;1-3-4-5(6)7-2;1-3-4-5(2)6;1-3-4(6)5-2;1-3-4(5)6-2;1-3-4-5-2;1-3(4)5-2;2*1-3-4-2;1-3-2/h3-5H2,1-2H3;3-5H2,1-2H3;3-4H2,1-2H3;3-4H2,1-2H3;3H2,1-2H3,(H,5,6);3H2,1-2H3;3-4H2,1-2H3;1-2H3;2*3H2,1-2H3;1-2H3. The minimum Gasteiger partial charge on any atom is -0.469 e. The Hall–Kier alpha value is -3.47. The number of ether oxygens (including phenoxy) is 8. The number of unbranched alkanes of at least 4 members (excludes halogenated alkanes) is 2. The van der Waals surface area contributed by atoms with Crippen molar-refractivity contribution < 1.29 is 71.5 Å². The molecule has 374 valence electrons. The normalized spacial score (nSPS) is 7.97. The first-order valence-electron chi connectivity index (χ1n) is 21.0. The summed E-state index contributed by atoms with van der Waals surface area (Å²) >= 11 is 0. The third-order valence-electron chi connectivity index (χ3n) is 5.52. The van der Waals surface area contributed by atoms with Crippen molar-refractivity contribution in [3.05, 3.63) is 0 Å². The number of hydrogen-bond donors (Lipinski definition) is 1. The van der Waals surface area contributed by atoms with Crippen LogP contribution in [0.15, 0.2) is 0 Å². The molecule has 0 radical (unpaired) electrons. The fourth-order valence-corrected chi connectivity index (χ4v) is 2.03. The highest BCUT2D eigenvalue weighted by Crippen LogP contribution is 1.94. The van der Waals surface area contributed by atoms with Crippen molar-refractivity contribution in [2.75, 3.05) is 90.9 Å². The summed E-state index contributed by atoms with van der Waals surface area (Å²) < 4.78 is 35.2. The van der Waals surface area contributed by atoms with E-state index in [2.05, 4.69) is 52.3 Å². The number of carbonyl (C=O) groups excluding carboxylic acids is 7. The second kappa shape index (κ2) is 96.4. The van der Waals surface area contributed by atoms with E-state index in [1.807, 2.05) is 41.5 Å². The van der Waals surface area contributed by atoms with Crippen molar-refractivity contribution in [3.8, 4) is 0 Å². The van der Waals surface area contributed by atoms with Gasteiger partial charge in [-0.05, 0) is 59.8 Å². The molecule has 0 atom stereocenters. The number of Topliss-reactive ketones (excluding diaryl/α,β-unsaturated/α-hetero) is 2. The van der Waals surface area contributed by atoms with Crippen molar-refractivity contribution in [3.63, 3.8) is 0 Å². The van der Waals surface area contributed by atoms with Gasteiger partial charge in [-0.3, -0.25) is 24.0 Å². The lowest BCUT2D eigenvalue weighted by molar-refractivity contribution is -0.141. The summed E-state index contributed by atoms with van der Waals surface area (Å²) in [7, 11) is 15.5. The maximum absolute atomic E-state index is 10.3. The molecule has 0 unspecified atom stereocenters. The molecule has 61 heavy (non-hydrogen) atoms. The van der Waals surface area contributed by atoms with E-state index in [4.69, 9.17) is 4.74 Å². The number of hydrogen-bond acceptors (Lipinski definition) is 15. The number of nitrogens with one attached hydrogen (secondary N) is 1. The molecule has 0 spiro atoms. The summed E-state index contributed by atoms with van der Waals surface area (Å²) in [5.41, 5.74) is 0. The summed E-state index contributed by atoms with van der Waals surface area (Å²) in [5.74, 6) is 0.0590. The van der Waals surface area contributed by atoms with Crippen molar-refractivity contribution in [2.24, 2.45) is 0 Å². The maximum atomic E-state index is 10.3. The summed E-state index contributed by atoms with van der Waals surface area (Å²) in [6.07, 6.45) is 10.8. The predicted octanol–water partition coefficient (Wildman–Crippen LogP) is 8.95. The van der Waals surface area contributed by atoms with Crippen molar-refractivity contribution in [1.29, 1.82) is 0 Å². The monoisotopic (exact) mass is 894 g/mol. The first-order valence-corrected chi connectivity index (χ1v) is 21.0. The van der Waals surface area contributed by atoms with Gasteiger partial charge in [0.1, 0.15) is 11.6 Å². The molecule has 0 heterocycles. The molecule has 1 N–H and O–H groups in total. The largest absolute Gasteiger partial charge is 0.469 e. The van der Waals surface area contributed by atoms with Gasteiger partial charge in [0.15, 0.2) is 0 Å². The van der Waals surface area contributed by atoms with Gasteiger partial charge < -0.3 is 52.8 Å². The van der Waals surface area contributed by atoms with Crippen LogP contribution < -0.4 is 5.32 Å². The quantitative estimate of drug-likeness (QED) is 0.113. The molecule has 0 aromatic rings. The van der Waals surface area contributed by atoms with Crippen LogP contribution >= 0.6 is 0 Å². The highest BCUT2D eigenvalue weighted by molar-refractivity contribution is 5.75. The summed E-state index contributed by atoms with van der Waals surface area (Å²) in [5, 5.41) is 2.48. The molecule has 0 aliphatic heterocycles. The Labute approximate surface area is 374 Å². The third kappa shape index (κ3) is 207. The molecule has 16 nitrogen and oxygen atoms in total. The molecule has 0 bridgehead atoms. The number of esters is 4. The van der Waals surface area contributed by atoms with E-state index in [1.54, 1.807) is 63.4 Å². The Balaban J connectivity index is -0.0000000505. The van der Waals surface area contributed by atoms with Crippen LogP contribution in [0.1, 0.15) is 167 Å². The molecule has 0 rings (SSSR count). The third-order valence-corrected chi connectivity index (χ3v) is 5.52. The molecule has 0 aromatic carbocycles. The molecule has 0 aromatic heterocycles. The average molecular weight is 894 g/mol. The van der Waals surface area contributed by atoms with Crippen LogP contribution in [0.3, 0.4) is 0 Å². The van der Waals surface area contributed by atoms with E-state index in [-0.39, 0.29) is 35.6 Å². The summed E-state index contributed by atoms with van der Waals surface area (Å²) in [6.45, 7) is 24.8. The average Bonchev–Trinajstić information content (AvgIpc) is 3.26. The number of rotatable bonds is 16. The SMILES string of the molecule is CCC(=O)NC.CCC(=O)OC.CCCC(=O)OC.CCCC(C)=O.CCCCC(=O)OC.CCCCC(C)=O.CCCOC.CCOC.CCOC.COC.COC(C)=O. The van der Waals surface area contributed by atoms with Gasteiger partial charge in [0.2, 0.25) is 5.91 Å². The Morgan fingerprint density at radius 1 is 0.410 bits per heavy atom. The van der Waals surface area contributed by atoms with E-state index in [0.29, 0.717) is 31.5 Å². The minimum atomic E-state index is -0.245. The van der Waals surface area contributed by atoms with Gasteiger partial charge in [0, 0.05) is 108 Å². The van der Waals surface area contributed by atoms with E-state index in [1.165, 1.54) is 35.4 Å². The molecule has 0 fully saturated rings. The molecular weight excluding hydrogens is 794 g/mol. The molecule has 0 aliphatic rings. The highest BCUT2D eigenvalue weighted by Gasteiger charge is 1.95. The fourth-order valence-electron chi connectivity index (χ4n) is 2.03. The lowest BCUT2D eigenvalue weighted by Crippen LogP contribution is -2.15. The van der Waals surface area contributed by atoms with Gasteiger partial charge in [-0.25, -0.2) is 0 Å². The van der Waals surface area contributed by atoms with Crippen LogP contribution in [0, 0.1) is 0 Å². The fraction of sp³-hybridized carbons (Fsp3) is 0.844. The molecule has 16 heteroatoms. The molecule has 0 saturated heterocycles. The smallest absolute Gasteiger partial charge is 0.305 e. The molecule has 1 amide bonds. The molecule has 0 aliphatic carbocycles.